The van der Waals surface area contributed by atoms with Gasteiger partial charge in [-0.05, 0) is 42.7 Å². The highest BCUT2D eigenvalue weighted by molar-refractivity contribution is 8.12. The summed E-state index contributed by atoms with van der Waals surface area (Å²) in [5.74, 6) is -0.282. The Morgan fingerprint density at radius 2 is 1.93 bits per heavy atom. The van der Waals surface area contributed by atoms with Crippen molar-refractivity contribution in [2.75, 3.05) is 0 Å². The van der Waals surface area contributed by atoms with Gasteiger partial charge in [-0.1, -0.05) is 17.7 Å². The molecule has 0 bridgehead atoms. The lowest BCUT2D eigenvalue weighted by Gasteiger charge is -2.05. The molecular formula is C18H18ClNO7S2. The fourth-order valence-electron chi connectivity index (χ4n) is 2.95. The number of aromatic carboxylic acids is 1. The van der Waals surface area contributed by atoms with E-state index in [0.717, 1.165) is 23.7 Å². The minimum Gasteiger partial charge on any atom is -0.478 e. The Bertz CT molecular complexity index is 1030. The summed E-state index contributed by atoms with van der Waals surface area (Å²) in [7, 11) is -4.35. The molecule has 29 heavy (non-hydrogen) atoms. The van der Waals surface area contributed by atoms with E-state index < -0.39 is 32.0 Å². The normalized spacial score (nSPS) is 19.3. The second-order valence-corrected chi connectivity index (χ2v) is 10.0. The SMILES string of the molecule is O=C(O)c1cc(CCCc2ccc(CC3SC(S(=O)(=O)O)NC3=O)o2)ccc1Cl. The third-order valence-electron chi connectivity index (χ3n) is 4.36. The van der Waals surface area contributed by atoms with Crippen molar-refractivity contribution in [3.63, 3.8) is 0 Å². The molecule has 1 saturated heterocycles. The summed E-state index contributed by atoms with van der Waals surface area (Å²) in [6.45, 7) is 0. The van der Waals surface area contributed by atoms with Crippen LogP contribution in [-0.2, 0) is 34.2 Å². The van der Waals surface area contributed by atoms with E-state index in [2.05, 4.69) is 5.32 Å². The highest BCUT2D eigenvalue weighted by atomic mass is 35.5. The first kappa shape index (κ1) is 21.7. The van der Waals surface area contributed by atoms with Crippen LogP contribution in [-0.4, -0.2) is 39.9 Å². The van der Waals surface area contributed by atoms with Gasteiger partial charge in [-0.2, -0.15) is 8.42 Å². The van der Waals surface area contributed by atoms with Crippen LogP contribution in [0.2, 0.25) is 5.02 Å². The second-order valence-electron chi connectivity index (χ2n) is 6.53. The number of furan rings is 1. The molecule has 3 N–H and O–H groups in total. The molecule has 2 aromatic rings. The lowest BCUT2D eigenvalue weighted by Crippen LogP contribution is -2.32. The van der Waals surface area contributed by atoms with Crippen LogP contribution in [0.15, 0.2) is 34.7 Å². The number of thioether (sulfide) groups is 1. The summed E-state index contributed by atoms with van der Waals surface area (Å²) in [6.07, 6.45) is 2.19. The van der Waals surface area contributed by atoms with Crippen LogP contribution >= 0.6 is 23.4 Å². The predicted molar refractivity (Wildman–Crippen MR) is 108 cm³/mol. The molecule has 0 aliphatic carbocycles. The number of rotatable bonds is 8. The molecule has 8 nitrogen and oxygen atoms in total. The van der Waals surface area contributed by atoms with Crippen LogP contribution in [0.25, 0.3) is 0 Å². The number of hydrogen-bond donors (Lipinski definition) is 3. The summed E-state index contributed by atoms with van der Waals surface area (Å²) in [6, 6.07) is 8.42. The number of carboxylic acids is 1. The quantitative estimate of drug-likeness (QED) is 0.513. The lowest BCUT2D eigenvalue weighted by atomic mass is 10.0. The summed E-state index contributed by atoms with van der Waals surface area (Å²) >= 11 is 6.70. The number of amides is 1. The van der Waals surface area contributed by atoms with Gasteiger partial charge in [0.1, 0.15) is 11.5 Å². The molecule has 2 unspecified atom stereocenters. The van der Waals surface area contributed by atoms with E-state index in [1.54, 1.807) is 30.3 Å². The predicted octanol–water partition coefficient (Wildman–Crippen LogP) is 2.75. The van der Waals surface area contributed by atoms with Gasteiger partial charge in [-0.25, -0.2) is 4.79 Å². The molecule has 1 aromatic heterocycles. The van der Waals surface area contributed by atoms with Gasteiger partial charge in [-0.3, -0.25) is 9.35 Å². The first-order valence-corrected chi connectivity index (χ1v) is 11.5. The molecule has 11 heteroatoms. The minimum atomic E-state index is -4.35. The fraction of sp³-hybridized carbons (Fsp3) is 0.333. The monoisotopic (exact) mass is 459 g/mol. The van der Waals surface area contributed by atoms with E-state index in [1.807, 2.05) is 0 Å². The summed E-state index contributed by atoms with van der Waals surface area (Å²) in [4.78, 5) is 23.0. The standard InChI is InChI=1S/C18H18ClNO7S2/c19-14-7-4-10(8-13(14)17(22)23)2-1-3-11-5-6-12(27-11)9-15-16(21)20-18(28-15)29(24,25)26/h4-8,15,18H,1-3,9H2,(H,20,21)(H,22,23)(H,24,25,26). The van der Waals surface area contributed by atoms with E-state index in [1.165, 1.54) is 0 Å². The van der Waals surface area contributed by atoms with Crippen LogP contribution in [0.5, 0.6) is 0 Å². The Labute approximate surface area is 176 Å². The van der Waals surface area contributed by atoms with Gasteiger partial charge in [0.15, 0.2) is 0 Å². The molecule has 0 saturated carbocycles. The van der Waals surface area contributed by atoms with Crippen molar-refractivity contribution < 1.29 is 32.1 Å². The number of halogens is 1. The molecule has 2 heterocycles. The zero-order valence-corrected chi connectivity index (χ0v) is 17.4. The molecule has 0 radical (unpaired) electrons. The molecule has 1 aromatic carbocycles. The molecule has 0 spiro atoms. The average Bonchev–Trinajstić information content (AvgIpc) is 3.23. The third-order valence-corrected chi connectivity index (χ3v) is 7.49. The molecule has 1 aliphatic rings. The second kappa shape index (κ2) is 8.78. The largest absolute Gasteiger partial charge is 0.478 e. The number of nitrogens with one attached hydrogen (secondary N) is 1. The maximum Gasteiger partial charge on any atom is 0.337 e. The Hall–Kier alpha value is -2.01. The van der Waals surface area contributed by atoms with Crippen molar-refractivity contribution in [1.82, 2.24) is 5.32 Å². The highest BCUT2D eigenvalue weighted by Crippen LogP contribution is 2.30. The lowest BCUT2D eigenvalue weighted by molar-refractivity contribution is -0.119. The Morgan fingerprint density at radius 3 is 2.59 bits per heavy atom. The van der Waals surface area contributed by atoms with Gasteiger partial charge in [0.05, 0.1) is 15.8 Å². The molecule has 1 amide bonds. The van der Waals surface area contributed by atoms with E-state index >= 15 is 0 Å². The molecule has 1 fully saturated rings. The van der Waals surface area contributed by atoms with E-state index in [-0.39, 0.29) is 17.0 Å². The number of carbonyl (C=O) groups excluding carboxylic acids is 1. The van der Waals surface area contributed by atoms with E-state index in [4.69, 9.17) is 25.7 Å². The number of carboxylic acid groups (broad SMARTS) is 1. The Morgan fingerprint density at radius 1 is 1.21 bits per heavy atom. The number of hydrogen-bond acceptors (Lipinski definition) is 6. The third kappa shape index (κ3) is 5.53. The summed E-state index contributed by atoms with van der Waals surface area (Å²) < 4.78 is 35.7. The molecular weight excluding hydrogens is 442 g/mol. The smallest absolute Gasteiger partial charge is 0.337 e. The highest BCUT2D eigenvalue weighted by Gasteiger charge is 2.40. The molecule has 2 atom stereocenters. The van der Waals surface area contributed by atoms with Gasteiger partial charge < -0.3 is 14.8 Å². The van der Waals surface area contributed by atoms with Gasteiger partial charge in [0, 0.05) is 12.8 Å². The van der Waals surface area contributed by atoms with Crippen LogP contribution < -0.4 is 5.32 Å². The number of carbonyl (C=O) groups is 2. The number of benzene rings is 1. The molecule has 3 rings (SSSR count). The van der Waals surface area contributed by atoms with Crippen molar-refractivity contribution in [3.8, 4) is 0 Å². The van der Waals surface area contributed by atoms with Crippen LogP contribution in [0.3, 0.4) is 0 Å². The molecule has 1 aliphatic heterocycles. The minimum absolute atomic E-state index is 0.0694. The zero-order chi connectivity index (χ0) is 21.2. The first-order chi connectivity index (χ1) is 13.6. The van der Waals surface area contributed by atoms with Gasteiger partial charge in [0.25, 0.3) is 10.1 Å². The van der Waals surface area contributed by atoms with Crippen LogP contribution in [0.1, 0.15) is 33.9 Å². The van der Waals surface area contributed by atoms with Crippen molar-refractivity contribution in [3.05, 3.63) is 58.0 Å². The summed E-state index contributed by atoms with van der Waals surface area (Å²) in [5, 5.41) is 10.9. The topological polar surface area (TPSA) is 134 Å². The number of aryl methyl sites for hydroxylation is 2. The zero-order valence-electron chi connectivity index (χ0n) is 15.0. The van der Waals surface area contributed by atoms with Crippen LogP contribution in [0, 0.1) is 0 Å². The van der Waals surface area contributed by atoms with Crippen molar-refractivity contribution in [1.29, 1.82) is 0 Å². The summed E-state index contributed by atoms with van der Waals surface area (Å²) in [5.41, 5.74) is 0.925. The van der Waals surface area contributed by atoms with Crippen molar-refractivity contribution in [2.24, 2.45) is 0 Å². The maximum atomic E-state index is 11.9. The van der Waals surface area contributed by atoms with Gasteiger partial charge in [-0.15, -0.1) is 11.8 Å². The fourth-order valence-corrected chi connectivity index (χ4v) is 5.31. The average molecular weight is 460 g/mol. The Balaban J connectivity index is 1.53. The van der Waals surface area contributed by atoms with Crippen molar-refractivity contribution in [2.45, 2.75) is 35.6 Å². The van der Waals surface area contributed by atoms with Crippen LogP contribution in [0.4, 0.5) is 0 Å². The Kier molecular flexibility index (Phi) is 6.57. The van der Waals surface area contributed by atoms with Crippen molar-refractivity contribution >= 4 is 45.4 Å². The maximum absolute atomic E-state index is 11.9. The van der Waals surface area contributed by atoms with E-state index in [9.17, 15) is 18.0 Å². The van der Waals surface area contributed by atoms with Gasteiger partial charge in [0.2, 0.25) is 10.6 Å². The van der Waals surface area contributed by atoms with E-state index in [0.29, 0.717) is 24.4 Å². The first-order valence-electron chi connectivity index (χ1n) is 8.65. The molecule has 156 valence electrons. The van der Waals surface area contributed by atoms with Gasteiger partial charge >= 0.3 is 5.97 Å².